The Hall–Kier alpha value is -1.32. The molecular weight excluding hydrogens is 338 g/mol. The minimum atomic E-state index is -0.153. The van der Waals surface area contributed by atoms with E-state index in [2.05, 4.69) is 27.3 Å². The number of rotatable bonds is 4. The Morgan fingerprint density at radius 1 is 1.20 bits per heavy atom. The Kier molecular flexibility index (Phi) is 5.21. The van der Waals surface area contributed by atoms with Crippen LogP contribution in [0.1, 0.15) is 27.0 Å². The highest BCUT2D eigenvalue weighted by Gasteiger charge is 2.09. The van der Waals surface area contributed by atoms with Crippen molar-refractivity contribution in [2.45, 2.75) is 18.8 Å². The van der Waals surface area contributed by atoms with Gasteiger partial charge in [0.25, 0.3) is 5.91 Å². The van der Waals surface area contributed by atoms with Crippen molar-refractivity contribution in [3.8, 4) is 0 Å². The summed E-state index contributed by atoms with van der Waals surface area (Å²) in [5, 5.41) is 4.18. The number of carbonyl (C=O) groups is 1. The van der Waals surface area contributed by atoms with Gasteiger partial charge in [-0.1, -0.05) is 57.9 Å². The molecule has 0 unspecified atom stereocenters. The lowest BCUT2D eigenvalue weighted by molar-refractivity contribution is 0.0951. The van der Waals surface area contributed by atoms with Gasteiger partial charge in [-0.15, -0.1) is 0 Å². The van der Waals surface area contributed by atoms with E-state index in [4.69, 9.17) is 11.6 Å². The third kappa shape index (κ3) is 3.84. The van der Waals surface area contributed by atoms with Gasteiger partial charge in [-0.2, -0.15) is 0 Å². The molecule has 0 aliphatic heterocycles. The molecule has 2 nitrogen and oxygen atoms in total. The molecule has 104 valence electrons. The molecule has 0 saturated carbocycles. The molecule has 0 spiro atoms. The number of alkyl halides is 1. The molecule has 0 fully saturated rings. The van der Waals surface area contributed by atoms with Gasteiger partial charge >= 0.3 is 0 Å². The number of nitrogens with one attached hydrogen (secondary N) is 1. The number of aryl methyl sites for hydroxylation is 1. The van der Waals surface area contributed by atoms with Crippen LogP contribution in [0.4, 0.5) is 0 Å². The zero-order chi connectivity index (χ0) is 14.5. The standard InChI is InChI=1S/C16H15BrClNO/c1-11-5-6-14(15(18)7-11)16(20)19-10-13-4-2-3-12(8-13)9-17/h2-8H,9-10H2,1H3,(H,19,20). The van der Waals surface area contributed by atoms with Crippen LogP contribution in [0.2, 0.25) is 5.02 Å². The van der Waals surface area contributed by atoms with Gasteiger partial charge in [0.2, 0.25) is 0 Å². The summed E-state index contributed by atoms with van der Waals surface area (Å²) in [5.74, 6) is -0.153. The molecule has 0 radical (unpaired) electrons. The zero-order valence-electron chi connectivity index (χ0n) is 11.1. The molecule has 1 N–H and O–H groups in total. The SMILES string of the molecule is Cc1ccc(C(=O)NCc2cccc(CBr)c2)c(Cl)c1. The molecule has 0 aromatic heterocycles. The smallest absolute Gasteiger partial charge is 0.253 e. The number of hydrogen-bond acceptors (Lipinski definition) is 1. The van der Waals surface area contributed by atoms with Gasteiger partial charge in [-0.05, 0) is 35.7 Å². The molecular formula is C16H15BrClNO. The van der Waals surface area contributed by atoms with Crippen molar-refractivity contribution in [1.82, 2.24) is 5.32 Å². The molecule has 0 aliphatic carbocycles. The normalized spacial score (nSPS) is 10.3. The van der Waals surface area contributed by atoms with Gasteiger partial charge in [-0.3, -0.25) is 4.79 Å². The summed E-state index contributed by atoms with van der Waals surface area (Å²) in [4.78, 5) is 12.1. The average molecular weight is 353 g/mol. The van der Waals surface area contributed by atoms with Crippen LogP contribution in [0.15, 0.2) is 42.5 Å². The van der Waals surface area contributed by atoms with E-state index < -0.39 is 0 Å². The Morgan fingerprint density at radius 2 is 1.95 bits per heavy atom. The van der Waals surface area contributed by atoms with E-state index in [1.807, 2.05) is 31.2 Å². The van der Waals surface area contributed by atoms with Crippen LogP contribution >= 0.6 is 27.5 Å². The van der Waals surface area contributed by atoms with Gasteiger partial charge in [0.1, 0.15) is 0 Å². The Labute approximate surface area is 132 Å². The molecule has 0 aliphatic rings. The van der Waals surface area contributed by atoms with E-state index in [0.717, 1.165) is 16.5 Å². The summed E-state index contributed by atoms with van der Waals surface area (Å²) in [5.41, 5.74) is 3.80. The van der Waals surface area contributed by atoms with Gasteiger partial charge < -0.3 is 5.32 Å². The number of benzene rings is 2. The van der Waals surface area contributed by atoms with E-state index in [9.17, 15) is 4.79 Å². The van der Waals surface area contributed by atoms with E-state index in [-0.39, 0.29) is 5.91 Å². The van der Waals surface area contributed by atoms with Crippen molar-refractivity contribution >= 4 is 33.4 Å². The number of amides is 1. The predicted octanol–water partition coefficient (Wildman–Crippen LogP) is 4.47. The highest BCUT2D eigenvalue weighted by Crippen LogP contribution is 2.17. The number of hydrogen-bond donors (Lipinski definition) is 1. The maximum atomic E-state index is 12.1. The van der Waals surface area contributed by atoms with Gasteiger partial charge in [0.15, 0.2) is 0 Å². The lowest BCUT2D eigenvalue weighted by Crippen LogP contribution is -2.23. The van der Waals surface area contributed by atoms with Crippen LogP contribution in [0.25, 0.3) is 0 Å². The first-order valence-corrected chi connectivity index (χ1v) is 7.78. The number of carbonyl (C=O) groups excluding carboxylic acids is 1. The van der Waals surface area contributed by atoms with Gasteiger partial charge in [0, 0.05) is 11.9 Å². The molecule has 0 heterocycles. The Bertz CT molecular complexity index is 628. The lowest BCUT2D eigenvalue weighted by atomic mass is 10.1. The molecule has 0 saturated heterocycles. The quantitative estimate of drug-likeness (QED) is 0.808. The average Bonchev–Trinajstić information content (AvgIpc) is 2.45. The summed E-state index contributed by atoms with van der Waals surface area (Å²) in [6.07, 6.45) is 0. The van der Waals surface area contributed by atoms with Gasteiger partial charge in [0.05, 0.1) is 10.6 Å². The maximum Gasteiger partial charge on any atom is 0.253 e. The molecule has 20 heavy (non-hydrogen) atoms. The fraction of sp³-hybridized carbons (Fsp3) is 0.188. The summed E-state index contributed by atoms with van der Waals surface area (Å²) in [6.45, 7) is 2.43. The van der Waals surface area contributed by atoms with Crippen LogP contribution in [-0.2, 0) is 11.9 Å². The topological polar surface area (TPSA) is 29.1 Å². The fourth-order valence-electron chi connectivity index (χ4n) is 1.90. The summed E-state index contributed by atoms with van der Waals surface area (Å²) < 4.78 is 0. The zero-order valence-corrected chi connectivity index (χ0v) is 13.5. The molecule has 0 bridgehead atoms. The monoisotopic (exact) mass is 351 g/mol. The van der Waals surface area contributed by atoms with Crippen molar-refractivity contribution in [2.24, 2.45) is 0 Å². The second-order valence-corrected chi connectivity index (χ2v) is 5.59. The van der Waals surface area contributed by atoms with Gasteiger partial charge in [-0.25, -0.2) is 0 Å². The molecule has 4 heteroatoms. The first-order valence-electron chi connectivity index (χ1n) is 6.28. The first-order chi connectivity index (χ1) is 9.60. The van der Waals surface area contributed by atoms with Crippen LogP contribution < -0.4 is 5.32 Å². The van der Waals surface area contributed by atoms with E-state index >= 15 is 0 Å². The first kappa shape index (κ1) is 15.1. The van der Waals surface area contributed by atoms with Crippen LogP contribution in [0, 0.1) is 6.92 Å². The van der Waals surface area contributed by atoms with Crippen molar-refractivity contribution < 1.29 is 4.79 Å². The molecule has 0 atom stereocenters. The summed E-state index contributed by atoms with van der Waals surface area (Å²) >= 11 is 9.51. The van der Waals surface area contributed by atoms with Crippen LogP contribution in [0.5, 0.6) is 0 Å². The van der Waals surface area contributed by atoms with Crippen molar-refractivity contribution in [1.29, 1.82) is 0 Å². The molecule has 2 aromatic rings. The molecule has 1 amide bonds. The minimum Gasteiger partial charge on any atom is -0.348 e. The fourth-order valence-corrected chi connectivity index (χ4v) is 2.57. The van der Waals surface area contributed by atoms with E-state index in [1.165, 1.54) is 5.56 Å². The predicted molar refractivity (Wildman–Crippen MR) is 86.4 cm³/mol. The maximum absolute atomic E-state index is 12.1. The Balaban J connectivity index is 2.04. The second-order valence-electron chi connectivity index (χ2n) is 4.62. The third-order valence-electron chi connectivity index (χ3n) is 2.97. The second kappa shape index (κ2) is 6.91. The van der Waals surface area contributed by atoms with Crippen molar-refractivity contribution in [3.63, 3.8) is 0 Å². The largest absolute Gasteiger partial charge is 0.348 e. The van der Waals surface area contributed by atoms with Crippen LogP contribution in [0.3, 0.4) is 0 Å². The highest BCUT2D eigenvalue weighted by molar-refractivity contribution is 9.08. The van der Waals surface area contributed by atoms with Crippen LogP contribution in [-0.4, -0.2) is 5.91 Å². The number of halogens is 2. The van der Waals surface area contributed by atoms with E-state index in [1.54, 1.807) is 12.1 Å². The van der Waals surface area contributed by atoms with Crippen molar-refractivity contribution in [2.75, 3.05) is 0 Å². The third-order valence-corrected chi connectivity index (χ3v) is 3.93. The Morgan fingerprint density at radius 3 is 2.65 bits per heavy atom. The van der Waals surface area contributed by atoms with Crippen molar-refractivity contribution in [3.05, 3.63) is 69.7 Å². The summed E-state index contributed by atoms with van der Waals surface area (Å²) in [6, 6.07) is 13.5. The lowest BCUT2D eigenvalue weighted by Gasteiger charge is -2.08. The summed E-state index contributed by atoms with van der Waals surface area (Å²) in [7, 11) is 0. The highest BCUT2D eigenvalue weighted by atomic mass is 79.9. The molecule has 2 aromatic carbocycles. The minimum absolute atomic E-state index is 0.153. The molecule has 2 rings (SSSR count). The van der Waals surface area contributed by atoms with E-state index in [0.29, 0.717) is 17.1 Å².